The molecule has 0 radical (unpaired) electrons. The molecule has 0 saturated carbocycles. The first-order chi connectivity index (χ1) is 6.02. The summed E-state index contributed by atoms with van der Waals surface area (Å²) in [6.45, 7) is 4.05. The van der Waals surface area contributed by atoms with Gasteiger partial charge in [0.05, 0.1) is 0 Å². The van der Waals surface area contributed by atoms with Crippen molar-refractivity contribution in [1.82, 2.24) is 0 Å². The van der Waals surface area contributed by atoms with Crippen LogP contribution in [0.15, 0.2) is 18.2 Å². The Morgan fingerprint density at radius 3 is 2.38 bits per heavy atom. The van der Waals surface area contributed by atoms with Gasteiger partial charge in [0.25, 0.3) is 6.43 Å². The van der Waals surface area contributed by atoms with Gasteiger partial charge in [-0.05, 0) is 30.8 Å². The lowest BCUT2D eigenvalue weighted by Crippen LogP contribution is -2.04. The van der Waals surface area contributed by atoms with Gasteiger partial charge in [0.2, 0.25) is 0 Å². The van der Waals surface area contributed by atoms with Gasteiger partial charge >= 0.3 is 0 Å². The van der Waals surface area contributed by atoms with Crippen molar-refractivity contribution in [3.05, 3.63) is 23.8 Å². The predicted octanol–water partition coefficient (Wildman–Crippen LogP) is 2.57. The number of anilines is 1. The topological polar surface area (TPSA) is 26.0 Å². The van der Waals surface area contributed by atoms with Crippen LogP contribution in [0.4, 0.5) is 14.5 Å². The Bertz CT molecular complexity index is 300. The summed E-state index contributed by atoms with van der Waals surface area (Å²) >= 11 is 0. The van der Waals surface area contributed by atoms with Crippen LogP contribution in [0.2, 0.25) is 0 Å². The van der Waals surface area contributed by atoms with Crippen LogP contribution >= 0.6 is 7.92 Å². The highest BCUT2D eigenvalue weighted by Gasteiger charge is 2.12. The van der Waals surface area contributed by atoms with Gasteiger partial charge in [-0.15, -0.1) is 0 Å². The molecule has 0 spiro atoms. The number of nitrogens with two attached hydrogens (primary N) is 1. The molecule has 72 valence electrons. The minimum Gasteiger partial charge on any atom is -0.398 e. The molecular weight excluding hydrogens is 191 g/mol. The second-order valence-electron chi connectivity index (χ2n) is 3.01. The van der Waals surface area contributed by atoms with Crippen molar-refractivity contribution >= 4 is 18.9 Å². The van der Waals surface area contributed by atoms with Crippen molar-refractivity contribution in [2.45, 2.75) is 6.43 Å². The van der Waals surface area contributed by atoms with E-state index in [1.165, 1.54) is 6.07 Å². The average molecular weight is 203 g/mol. The number of nitrogen functional groups attached to an aromatic ring is 1. The molecule has 1 rings (SSSR count). The Morgan fingerprint density at radius 2 is 1.92 bits per heavy atom. The van der Waals surface area contributed by atoms with Crippen LogP contribution in [0.25, 0.3) is 0 Å². The van der Waals surface area contributed by atoms with Gasteiger partial charge in [0.1, 0.15) is 0 Å². The Labute approximate surface area is 77.7 Å². The first kappa shape index (κ1) is 10.4. The van der Waals surface area contributed by atoms with Crippen molar-refractivity contribution in [3.8, 4) is 0 Å². The molecular formula is C9H12F2NP. The number of alkyl halides is 2. The van der Waals surface area contributed by atoms with Crippen LogP contribution in [0.3, 0.4) is 0 Å². The van der Waals surface area contributed by atoms with E-state index in [4.69, 9.17) is 5.73 Å². The summed E-state index contributed by atoms with van der Waals surface area (Å²) in [6, 6.07) is 4.87. The molecule has 1 aromatic rings. The standard InChI is InChI=1S/C9H12F2NP/c1-13(2)6-3-4-8(12)7(5-6)9(10)11/h3-5,9H,12H2,1-2H3. The normalized spacial score (nSPS) is 11.2. The van der Waals surface area contributed by atoms with Crippen molar-refractivity contribution in [3.63, 3.8) is 0 Å². The summed E-state index contributed by atoms with van der Waals surface area (Å²) in [5.41, 5.74) is 5.55. The number of halogens is 2. The zero-order valence-electron chi connectivity index (χ0n) is 7.59. The molecule has 0 unspecified atom stereocenters. The molecule has 1 aromatic carbocycles. The fraction of sp³-hybridized carbons (Fsp3) is 0.333. The number of rotatable bonds is 2. The van der Waals surface area contributed by atoms with Crippen molar-refractivity contribution in [2.24, 2.45) is 0 Å². The van der Waals surface area contributed by atoms with Gasteiger partial charge in [-0.3, -0.25) is 0 Å². The minimum atomic E-state index is -2.48. The van der Waals surface area contributed by atoms with E-state index < -0.39 is 6.43 Å². The van der Waals surface area contributed by atoms with E-state index in [0.29, 0.717) is 0 Å². The van der Waals surface area contributed by atoms with Crippen molar-refractivity contribution < 1.29 is 8.78 Å². The molecule has 0 aliphatic rings. The monoisotopic (exact) mass is 203 g/mol. The Balaban J connectivity index is 3.11. The second-order valence-corrected chi connectivity index (χ2v) is 5.31. The third kappa shape index (κ3) is 2.38. The highest BCUT2D eigenvalue weighted by atomic mass is 31.1. The predicted molar refractivity (Wildman–Crippen MR) is 54.2 cm³/mol. The van der Waals surface area contributed by atoms with E-state index in [1.807, 2.05) is 19.4 Å². The largest absolute Gasteiger partial charge is 0.398 e. The molecule has 4 heteroatoms. The second kappa shape index (κ2) is 4.01. The van der Waals surface area contributed by atoms with Crippen LogP contribution in [0, 0.1) is 0 Å². The molecule has 0 fully saturated rings. The van der Waals surface area contributed by atoms with Gasteiger partial charge < -0.3 is 5.73 Å². The maximum Gasteiger partial charge on any atom is 0.265 e. The molecule has 13 heavy (non-hydrogen) atoms. The van der Waals surface area contributed by atoms with Crippen LogP contribution < -0.4 is 11.0 Å². The van der Waals surface area contributed by atoms with Crippen molar-refractivity contribution in [1.29, 1.82) is 0 Å². The SMILES string of the molecule is CP(C)c1ccc(N)c(C(F)F)c1. The zero-order chi connectivity index (χ0) is 10.0. The lowest BCUT2D eigenvalue weighted by molar-refractivity contribution is 0.152. The summed E-state index contributed by atoms with van der Waals surface area (Å²) in [7, 11) is -0.338. The summed E-state index contributed by atoms with van der Waals surface area (Å²) < 4.78 is 24.8. The highest BCUT2D eigenvalue weighted by molar-refractivity contribution is 7.64. The molecule has 1 nitrogen and oxygen atoms in total. The smallest absolute Gasteiger partial charge is 0.265 e. The third-order valence-corrected chi connectivity index (χ3v) is 3.13. The lowest BCUT2D eigenvalue weighted by atomic mass is 10.2. The molecule has 0 aliphatic carbocycles. The van der Waals surface area contributed by atoms with Gasteiger partial charge in [-0.25, -0.2) is 8.78 Å². The zero-order valence-corrected chi connectivity index (χ0v) is 8.48. The Morgan fingerprint density at radius 1 is 1.31 bits per heavy atom. The van der Waals surface area contributed by atoms with E-state index in [-0.39, 0.29) is 19.2 Å². The maximum absolute atomic E-state index is 12.4. The molecule has 0 saturated heterocycles. The molecule has 0 aliphatic heterocycles. The molecule has 0 aromatic heterocycles. The van der Waals surface area contributed by atoms with Crippen LogP contribution in [-0.2, 0) is 0 Å². The summed E-state index contributed by atoms with van der Waals surface area (Å²) in [6.07, 6.45) is -2.48. The Hall–Kier alpha value is -0.690. The molecule has 0 amide bonds. The summed E-state index contributed by atoms with van der Waals surface area (Å²) in [5, 5.41) is 0.958. The molecule has 0 heterocycles. The van der Waals surface area contributed by atoms with E-state index >= 15 is 0 Å². The minimum absolute atomic E-state index is 0.0475. The van der Waals surface area contributed by atoms with Crippen LogP contribution in [0.5, 0.6) is 0 Å². The van der Waals surface area contributed by atoms with Gasteiger partial charge in [-0.2, -0.15) is 0 Å². The molecule has 0 bridgehead atoms. The summed E-state index contributed by atoms with van der Waals surface area (Å²) in [4.78, 5) is 0. The molecule has 2 N–H and O–H groups in total. The first-order valence-electron chi connectivity index (χ1n) is 3.87. The van der Waals surface area contributed by atoms with Gasteiger partial charge in [0.15, 0.2) is 0 Å². The third-order valence-electron chi connectivity index (χ3n) is 1.82. The van der Waals surface area contributed by atoms with Crippen molar-refractivity contribution in [2.75, 3.05) is 19.1 Å². The van der Waals surface area contributed by atoms with E-state index in [2.05, 4.69) is 0 Å². The van der Waals surface area contributed by atoms with E-state index in [9.17, 15) is 8.78 Å². The first-order valence-corrected chi connectivity index (χ1v) is 6.11. The number of hydrogen-bond donors (Lipinski definition) is 1. The van der Waals surface area contributed by atoms with Crippen LogP contribution in [-0.4, -0.2) is 13.3 Å². The summed E-state index contributed by atoms with van der Waals surface area (Å²) in [5.74, 6) is 0. The lowest BCUT2D eigenvalue weighted by Gasteiger charge is -2.10. The van der Waals surface area contributed by atoms with E-state index in [1.54, 1.807) is 6.07 Å². The number of benzene rings is 1. The highest BCUT2D eigenvalue weighted by Crippen LogP contribution is 2.29. The quantitative estimate of drug-likeness (QED) is 0.580. The average Bonchev–Trinajstić information content (AvgIpc) is 2.04. The fourth-order valence-corrected chi connectivity index (χ4v) is 1.80. The van der Waals surface area contributed by atoms with E-state index in [0.717, 1.165) is 5.30 Å². The molecule has 0 atom stereocenters. The van der Waals surface area contributed by atoms with Gasteiger partial charge in [0, 0.05) is 11.3 Å². The Kier molecular flexibility index (Phi) is 3.21. The van der Waals surface area contributed by atoms with Gasteiger partial charge in [-0.1, -0.05) is 14.0 Å². The maximum atomic E-state index is 12.4. The van der Waals surface area contributed by atoms with Crippen LogP contribution in [0.1, 0.15) is 12.0 Å². The number of hydrogen-bond acceptors (Lipinski definition) is 1. The fourth-order valence-electron chi connectivity index (χ4n) is 1.03.